The molecule has 0 aliphatic heterocycles. The van der Waals surface area contributed by atoms with Gasteiger partial charge >= 0.3 is 0 Å². The van der Waals surface area contributed by atoms with Crippen molar-refractivity contribution >= 4 is 0 Å². The smallest absolute Gasteiger partial charge is 0.212 e. The number of hydrogen-bond donors (Lipinski definition) is 1. The van der Waals surface area contributed by atoms with Crippen molar-refractivity contribution in [1.29, 1.82) is 0 Å². The van der Waals surface area contributed by atoms with Crippen LogP contribution in [0.3, 0.4) is 0 Å². The molecule has 1 unspecified atom stereocenters. The molecular weight excluding hydrogens is 240 g/mol. The summed E-state index contributed by atoms with van der Waals surface area (Å²) in [4.78, 5) is 4.23. The number of aryl methyl sites for hydroxylation is 1. The summed E-state index contributed by atoms with van der Waals surface area (Å²) in [6.07, 6.45) is 7.72. The molecule has 1 atom stereocenters. The molecule has 2 rings (SSSR count). The summed E-state index contributed by atoms with van der Waals surface area (Å²) in [6, 6.07) is 4.32. The highest BCUT2D eigenvalue weighted by molar-refractivity contribution is 5.19. The Kier molecular flexibility index (Phi) is 4.52. The van der Waals surface area contributed by atoms with Crippen LogP contribution in [0.15, 0.2) is 30.7 Å². The normalized spacial score (nSPS) is 12.4. The highest BCUT2D eigenvalue weighted by Gasteiger charge is 2.10. The molecule has 0 amide bonds. The third-order valence-electron chi connectivity index (χ3n) is 3.14. The molecule has 0 bridgehead atoms. The van der Waals surface area contributed by atoms with E-state index in [0.29, 0.717) is 11.9 Å². The van der Waals surface area contributed by atoms with Gasteiger partial charge in [-0.2, -0.15) is 5.10 Å². The first-order valence-electron chi connectivity index (χ1n) is 6.35. The minimum Gasteiger partial charge on any atom is -0.481 e. The van der Waals surface area contributed by atoms with Crippen molar-refractivity contribution in [3.8, 4) is 5.88 Å². The topological polar surface area (TPSA) is 52.0 Å². The molecule has 0 aliphatic rings. The van der Waals surface area contributed by atoms with Crippen LogP contribution < -0.4 is 10.1 Å². The minimum absolute atomic E-state index is 0.374. The molecule has 1 N–H and O–H groups in total. The lowest BCUT2D eigenvalue weighted by atomic mass is 10.0. The van der Waals surface area contributed by atoms with Gasteiger partial charge in [0.25, 0.3) is 0 Å². The zero-order chi connectivity index (χ0) is 13.7. The van der Waals surface area contributed by atoms with Crippen molar-refractivity contribution in [1.82, 2.24) is 20.1 Å². The molecule has 0 radical (unpaired) electrons. The van der Waals surface area contributed by atoms with Gasteiger partial charge in [-0.1, -0.05) is 6.07 Å². The molecule has 0 aromatic carbocycles. The number of nitrogens with zero attached hydrogens (tertiary/aromatic N) is 3. The average Bonchev–Trinajstić information content (AvgIpc) is 2.84. The summed E-state index contributed by atoms with van der Waals surface area (Å²) in [7, 11) is 5.55. The first-order chi connectivity index (χ1) is 9.21. The van der Waals surface area contributed by atoms with E-state index in [1.165, 1.54) is 11.1 Å². The van der Waals surface area contributed by atoms with E-state index in [-0.39, 0.29) is 0 Å². The van der Waals surface area contributed by atoms with Crippen molar-refractivity contribution in [3.63, 3.8) is 0 Å². The zero-order valence-corrected chi connectivity index (χ0v) is 11.6. The van der Waals surface area contributed by atoms with Crippen molar-refractivity contribution in [3.05, 3.63) is 41.9 Å². The summed E-state index contributed by atoms with van der Waals surface area (Å²) in [5.74, 6) is 0.650. The maximum Gasteiger partial charge on any atom is 0.212 e. The first-order valence-corrected chi connectivity index (χ1v) is 6.35. The summed E-state index contributed by atoms with van der Waals surface area (Å²) in [5, 5.41) is 7.53. The maximum absolute atomic E-state index is 5.06. The lowest BCUT2D eigenvalue weighted by molar-refractivity contribution is 0.397. The summed E-state index contributed by atoms with van der Waals surface area (Å²) < 4.78 is 6.89. The van der Waals surface area contributed by atoms with Gasteiger partial charge in [-0.15, -0.1) is 0 Å². The third kappa shape index (κ3) is 3.79. The fraction of sp³-hybridized carbons (Fsp3) is 0.429. The van der Waals surface area contributed by atoms with Crippen LogP contribution in [-0.4, -0.2) is 35.0 Å². The number of nitrogens with one attached hydrogen (secondary N) is 1. The van der Waals surface area contributed by atoms with Crippen LogP contribution in [0, 0.1) is 0 Å². The number of hydrogen-bond acceptors (Lipinski definition) is 4. The molecule has 19 heavy (non-hydrogen) atoms. The first kappa shape index (κ1) is 13.5. The monoisotopic (exact) mass is 260 g/mol. The number of pyridine rings is 1. The molecule has 102 valence electrons. The standard InChI is InChI=1S/C14H20N4O/c1-15-13(7-12-9-17-18(2)10-12)6-11-4-5-14(19-3)16-8-11/h4-5,8-10,13,15H,6-7H2,1-3H3. The second-order valence-electron chi connectivity index (χ2n) is 4.62. The van der Waals surface area contributed by atoms with E-state index in [4.69, 9.17) is 4.74 Å². The highest BCUT2D eigenvalue weighted by Crippen LogP contribution is 2.11. The van der Waals surface area contributed by atoms with Gasteiger partial charge in [0, 0.05) is 31.5 Å². The molecule has 5 heteroatoms. The van der Waals surface area contributed by atoms with Gasteiger partial charge in [0.2, 0.25) is 5.88 Å². The SMILES string of the molecule is CNC(Cc1ccc(OC)nc1)Cc1cnn(C)c1. The van der Waals surface area contributed by atoms with Crippen LogP contribution in [0.5, 0.6) is 5.88 Å². The Labute approximate surface area is 113 Å². The maximum atomic E-state index is 5.06. The summed E-state index contributed by atoms with van der Waals surface area (Å²) in [6.45, 7) is 0. The van der Waals surface area contributed by atoms with Gasteiger partial charge in [-0.05, 0) is 31.0 Å². The van der Waals surface area contributed by atoms with E-state index < -0.39 is 0 Å². The molecule has 2 aromatic rings. The Balaban J connectivity index is 1.97. The van der Waals surface area contributed by atoms with Gasteiger partial charge in [-0.3, -0.25) is 4.68 Å². The quantitative estimate of drug-likeness (QED) is 0.848. The number of likely N-dealkylation sites (N-methyl/N-ethyl adjacent to an activating group) is 1. The highest BCUT2D eigenvalue weighted by atomic mass is 16.5. The van der Waals surface area contributed by atoms with Crippen LogP contribution in [0.25, 0.3) is 0 Å². The Morgan fingerprint density at radius 2 is 2.05 bits per heavy atom. The molecule has 0 saturated carbocycles. The van der Waals surface area contributed by atoms with Gasteiger partial charge in [0.15, 0.2) is 0 Å². The van der Waals surface area contributed by atoms with Crippen LogP contribution in [-0.2, 0) is 19.9 Å². The number of rotatable bonds is 6. The third-order valence-corrected chi connectivity index (χ3v) is 3.14. The predicted molar refractivity (Wildman–Crippen MR) is 74.3 cm³/mol. The minimum atomic E-state index is 0.374. The Hall–Kier alpha value is -1.88. The van der Waals surface area contributed by atoms with Crippen LogP contribution >= 0.6 is 0 Å². The number of ether oxygens (including phenoxy) is 1. The van der Waals surface area contributed by atoms with Gasteiger partial charge in [-0.25, -0.2) is 4.98 Å². The number of aromatic nitrogens is 3. The molecule has 0 fully saturated rings. The molecule has 0 aliphatic carbocycles. The van der Waals surface area contributed by atoms with E-state index in [1.54, 1.807) is 7.11 Å². The van der Waals surface area contributed by atoms with Crippen molar-refractivity contribution in [2.24, 2.45) is 7.05 Å². The molecular formula is C14H20N4O. The van der Waals surface area contributed by atoms with Crippen molar-refractivity contribution < 1.29 is 4.74 Å². The molecule has 0 spiro atoms. The van der Waals surface area contributed by atoms with Gasteiger partial charge < -0.3 is 10.1 Å². The zero-order valence-electron chi connectivity index (χ0n) is 11.6. The van der Waals surface area contributed by atoms with Gasteiger partial charge in [0.1, 0.15) is 0 Å². The molecule has 2 aromatic heterocycles. The van der Waals surface area contributed by atoms with E-state index in [2.05, 4.69) is 27.7 Å². The Bertz CT molecular complexity index is 506. The Morgan fingerprint density at radius 1 is 1.26 bits per heavy atom. The van der Waals surface area contributed by atoms with E-state index in [1.807, 2.05) is 37.2 Å². The molecule has 2 heterocycles. The van der Waals surface area contributed by atoms with Crippen molar-refractivity contribution in [2.75, 3.05) is 14.2 Å². The van der Waals surface area contributed by atoms with E-state index in [9.17, 15) is 0 Å². The van der Waals surface area contributed by atoms with E-state index >= 15 is 0 Å². The fourth-order valence-electron chi connectivity index (χ4n) is 2.08. The number of methoxy groups -OCH3 is 1. The lowest BCUT2D eigenvalue weighted by Crippen LogP contribution is -2.29. The second kappa shape index (κ2) is 6.33. The lowest BCUT2D eigenvalue weighted by Gasteiger charge is -2.15. The van der Waals surface area contributed by atoms with Gasteiger partial charge in [0.05, 0.1) is 13.3 Å². The van der Waals surface area contributed by atoms with E-state index in [0.717, 1.165) is 12.8 Å². The fourth-order valence-corrected chi connectivity index (χ4v) is 2.08. The predicted octanol–water partition coefficient (Wildman–Crippen LogP) is 1.20. The summed E-state index contributed by atoms with van der Waals surface area (Å²) in [5.41, 5.74) is 2.44. The second-order valence-corrected chi connectivity index (χ2v) is 4.62. The molecule has 0 saturated heterocycles. The van der Waals surface area contributed by atoms with Crippen molar-refractivity contribution in [2.45, 2.75) is 18.9 Å². The summed E-state index contributed by atoms with van der Waals surface area (Å²) >= 11 is 0. The van der Waals surface area contributed by atoms with Crippen LogP contribution in [0.2, 0.25) is 0 Å². The average molecular weight is 260 g/mol. The van der Waals surface area contributed by atoms with Crippen LogP contribution in [0.4, 0.5) is 0 Å². The largest absolute Gasteiger partial charge is 0.481 e. The Morgan fingerprint density at radius 3 is 2.58 bits per heavy atom. The molecule has 5 nitrogen and oxygen atoms in total. The van der Waals surface area contributed by atoms with Crippen LogP contribution in [0.1, 0.15) is 11.1 Å².